The lowest BCUT2D eigenvalue weighted by Crippen LogP contribution is -2.64. The molecule has 1 aliphatic heterocycles. The molecule has 1 N–H and O–H groups in total. The Labute approximate surface area is 188 Å². The van der Waals surface area contributed by atoms with Crippen molar-refractivity contribution in [3.05, 3.63) is 0 Å². The summed E-state index contributed by atoms with van der Waals surface area (Å²) in [6, 6.07) is 0. The normalized spacial score (nSPS) is 48.5. The van der Waals surface area contributed by atoms with Crippen molar-refractivity contribution in [2.45, 2.75) is 71.1 Å². The second-order valence-corrected chi connectivity index (χ2v) is 10.9. The molecule has 8 heteroatoms. The molecule has 1 heterocycles. The van der Waals surface area contributed by atoms with Crippen LogP contribution in [0.25, 0.3) is 0 Å². The maximum Gasteiger partial charge on any atom is 0.171 e. The lowest BCUT2D eigenvalue weighted by molar-refractivity contribution is -0.163. The quantitative estimate of drug-likeness (QED) is 0.672. The van der Waals surface area contributed by atoms with Crippen LogP contribution in [-0.2, 0) is 19.3 Å². The highest BCUT2D eigenvalue weighted by Crippen LogP contribution is 2.64. The molecular weight excluding hydrogens is 413 g/mol. The maximum absolute atomic E-state index is 15.6. The number of Topliss-reactive ketones (excluding diaryl/α,β-unsaturated/α-hetero) is 2. The number of carbonyl (C=O) groups excluding carboxylic acids is 2. The Bertz CT molecular complexity index is 869. The zero-order valence-corrected chi connectivity index (χ0v) is 19.2. The molecule has 0 amide bonds. The monoisotopic (exact) mass is 447 g/mol. The van der Waals surface area contributed by atoms with E-state index in [-0.39, 0.29) is 35.4 Å². The van der Waals surface area contributed by atoms with Gasteiger partial charge in [0.05, 0.1) is 16.8 Å². The maximum atomic E-state index is 15.6. The van der Waals surface area contributed by atoms with Gasteiger partial charge in [-0.3, -0.25) is 9.59 Å². The third-order valence-electron chi connectivity index (χ3n) is 9.38. The van der Waals surface area contributed by atoms with E-state index in [9.17, 15) is 9.59 Å². The van der Waals surface area contributed by atoms with E-state index in [1.807, 2.05) is 0 Å². The molecule has 5 fully saturated rings. The lowest BCUT2D eigenvalue weighted by atomic mass is 9.44. The molecular formula is C24H34FN3O4. The number of rotatable bonds is 3. The molecule has 5 rings (SSSR count). The molecule has 32 heavy (non-hydrogen) atoms. The van der Waals surface area contributed by atoms with Crippen LogP contribution in [0.2, 0.25) is 0 Å². The van der Waals surface area contributed by atoms with Gasteiger partial charge in [-0.25, -0.2) is 4.39 Å². The summed E-state index contributed by atoms with van der Waals surface area (Å²) >= 11 is 0. The topological polar surface area (TPSA) is 89.4 Å². The Balaban J connectivity index is 1.47. The van der Waals surface area contributed by atoms with Gasteiger partial charge in [0.15, 0.2) is 12.0 Å². The Hall–Kier alpha value is -1.83. The van der Waals surface area contributed by atoms with E-state index in [0.29, 0.717) is 25.7 Å². The summed E-state index contributed by atoms with van der Waals surface area (Å²) in [5.74, 6) is -1.11. The summed E-state index contributed by atoms with van der Waals surface area (Å²) in [6.07, 6.45) is 3.02. The van der Waals surface area contributed by atoms with Crippen LogP contribution < -0.4 is 5.32 Å². The molecule has 0 aromatic heterocycles. The van der Waals surface area contributed by atoms with Crippen LogP contribution in [-0.4, -0.2) is 55.5 Å². The molecule has 4 aliphatic carbocycles. The molecule has 176 valence electrons. The minimum atomic E-state index is -1.71. The van der Waals surface area contributed by atoms with Gasteiger partial charge in [0.2, 0.25) is 0 Å². The highest BCUT2D eigenvalue weighted by atomic mass is 19.1. The highest BCUT2D eigenvalue weighted by Gasteiger charge is 2.68. The minimum absolute atomic E-state index is 0.0425. The van der Waals surface area contributed by atoms with Crippen LogP contribution >= 0.6 is 0 Å². The smallest absolute Gasteiger partial charge is 0.171 e. The van der Waals surface area contributed by atoms with Crippen molar-refractivity contribution in [2.24, 2.45) is 44.8 Å². The molecule has 0 aromatic rings. The molecule has 7 nitrogen and oxygen atoms in total. The van der Waals surface area contributed by atoms with E-state index in [1.54, 1.807) is 6.92 Å². The van der Waals surface area contributed by atoms with Crippen molar-refractivity contribution < 1.29 is 23.7 Å². The van der Waals surface area contributed by atoms with Crippen molar-refractivity contribution >= 4 is 23.0 Å². The van der Waals surface area contributed by atoms with Crippen molar-refractivity contribution in [1.82, 2.24) is 5.32 Å². The molecule has 5 aliphatic rings. The average Bonchev–Trinajstić information content (AvgIpc) is 3.39. The van der Waals surface area contributed by atoms with E-state index in [0.717, 1.165) is 43.8 Å². The van der Waals surface area contributed by atoms with Gasteiger partial charge in [-0.15, -0.1) is 0 Å². The SMILES string of the molecule is CO/N=C1\CC2C(C(=O)C(F)[C@]3(C)C(=O)CCC23)[C@@]2(C)CCC(=NOC3CCNC3)CC12. The summed E-state index contributed by atoms with van der Waals surface area (Å²) in [4.78, 5) is 37.2. The number of fused-ring (bicyclic) bond motifs is 5. The number of carbonyl (C=O) groups is 2. The summed E-state index contributed by atoms with van der Waals surface area (Å²) in [6.45, 7) is 5.54. The zero-order valence-electron chi connectivity index (χ0n) is 19.2. The van der Waals surface area contributed by atoms with Crippen LogP contribution in [0.1, 0.15) is 58.8 Å². The molecule has 0 bridgehead atoms. The Morgan fingerprint density at radius 1 is 1.12 bits per heavy atom. The molecule has 1 saturated heterocycles. The number of nitrogens with zero attached hydrogens (tertiary/aromatic N) is 2. The molecule has 6 unspecified atom stereocenters. The summed E-state index contributed by atoms with van der Waals surface area (Å²) < 4.78 is 15.6. The fourth-order valence-electron chi connectivity index (χ4n) is 7.60. The second kappa shape index (κ2) is 7.89. The number of oxime groups is 2. The van der Waals surface area contributed by atoms with E-state index in [2.05, 4.69) is 22.6 Å². The average molecular weight is 448 g/mol. The van der Waals surface area contributed by atoms with Crippen molar-refractivity contribution in [3.8, 4) is 0 Å². The number of hydrogen-bond donors (Lipinski definition) is 1. The first-order chi connectivity index (χ1) is 15.3. The number of nitrogens with one attached hydrogen (secondary N) is 1. The molecule has 0 spiro atoms. The standard InChI is InChI=1S/C24H34FN3O4/c1-23-8-6-13(27-32-14-7-9-26-12-14)10-17(23)18(28-31-3)11-15-16-4-5-19(29)24(16,2)22(25)21(30)20(15)23/h14-17,20,22,26H,4-12H2,1-3H3/b27-13?,28-18+/t14?,15?,16?,17?,20?,22?,23-,24-/m0/s1. The number of hydrogen-bond acceptors (Lipinski definition) is 7. The summed E-state index contributed by atoms with van der Waals surface area (Å²) in [5.41, 5.74) is 0.271. The van der Waals surface area contributed by atoms with Gasteiger partial charge >= 0.3 is 0 Å². The fourth-order valence-corrected chi connectivity index (χ4v) is 7.60. The Morgan fingerprint density at radius 3 is 2.66 bits per heavy atom. The third-order valence-corrected chi connectivity index (χ3v) is 9.38. The van der Waals surface area contributed by atoms with Crippen molar-refractivity contribution in [2.75, 3.05) is 20.2 Å². The van der Waals surface area contributed by atoms with E-state index >= 15 is 4.39 Å². The summed E-state index contributed by atoms with van der Waals surface area (Å²) in [5, 5.41) is 12.1. The first-order valence-electron chi connectivity index (χ1n) is 12.0. The molecule has 4 saturated carbocycles. The van der Waals surface area contributed by atoms with Gasteiger partial charge in [-0.05, 0) is 62.8 Å². The minimum Gasteiger partial charge on any atom is -0.399 e. The summed E-state index contributed by atoms with van der Waals surface area (Å²) in [7, 11) is 1.54. The number of halogens is 1. The van der Waals surface area contributed by atoms with Crippen molar-refractivity contribution in [1.29, 1.82) is 0 Å². The zero-order chi connectivity index (χ0) is 22.7. The number of ketones is 2. The predicted molar refractivity (Wildman–Crippen MR) is 117 cm³/mol. The van der Waals surface area contributed by atoms with Crippen LogP contribution in [0.15, 0.2) is 10.3 Å². The molecule has 8 atom stereocenters. The van der Waals surface area contributed by atoms with Gasteiger partial charge < -0.3 is 15.0 Å². The largest absolute Gasteiger partial charge is 0.399 e. The van der Waals surface area contributed by atoms with Gasteiger partial charge in [0, 0.05) is 31.2 Å². The molecule has 0 aromatic carbocycles. The Morgan fingerprint density at radius 2 is 1.94 bits per heavy atom. The second-order valence-electron chi connectivity index (χ2n) is 10.9. The van der Waals surface area contributed by atoms with Crippen LogP contribution in [0.3, 0.4) is 0 Å². The Kier molecular flexibility index (Phi) is 5.42. The van der Waals surface area contributed by atoms with Crippen LogP contribution in [0.4, 0.5) is 4.39 Å². The number of alkyl halides is 1. The van der Waals surface area contributed by atoms with Crippen LogP contribution in [0.5, 0.6) is 0 Å². The van der Waals surface area contributed by atoms with Gasteiger partial charge in [-0.2, -0.15) is 0 Å². The van der Waals surface area contributed by atoms with E-state index in [1.165, 1.54) is 7.11 Å². The first-order valence-corrected chi connectivity index (χ1v) is 12.0. The fraction of sp³-hybridized carbons (Fsp3) is 0.833. The van der Waals surface area contributed by atoms with E-state index < -0.39 is 22.9 Å². The van der Waals surface area contributed by atoms with Crippen LogP contribution in [0, 0.1) is 34.5 Å². The van der Waals surface area contributed by atoms with Crippen molar-refractivity contribution in [3.63, 3.8) is 0 Å². The highest BCUT2D eigenvalue weighted by molar-refractivity contribution is 6.02. The molecule has 0 radical (unpaired) electrons. The van der Waals surface area contributed by atoms with E-state index in [4.69, 9.17) is 9.68 Å². The van der Waals surface area contributed by atoms with Gasteiger partial charge in [0.25, 0.3) is 0 Å². The first kappa shape index (κ1) is 22.0. The van der Waals surface area contributed by atoms with Gasteiger partial charge in [-0.1, -0.05) is 17.2 Å². The lowest BCUT2D eigenvalue weighted by Gasteiger charge is -2.58. The van der Waals surface area contributed by atoms with Gasteiger partial charge in [0.1, 0.15) is 19.0 Å². The third kappa shape index (κ3) is 3.08. The predicted octanol–water partition coefficient (Wildman–Crippen LogP) is 3.07.